The maximum Gasteiger partial charge on any atom is 0.148 e. The highest BCUT2D eigenvalue weighted by atomic mass is 19.1. The predicted octanol–water partition coefficient (Wildman–Crippen LogP) is 1.58. The fourth-order valence-corrected chi connectivity index (χ4v) is 1.78. The second-order valence-electron chi connectivity index (χ2n) is 3.74. The molecule has 0 aliphatic carbocycles. The van der Waals surface area contributed by atoms with Crippen LogP contribution in [0.2, 0.25) is 0 Å². The van der Waals surface area contributed by atoms with Crippen LogP contribution in [0.25, 0.3) is 0 Å². The van der Waals surface area contributed by atoms with Gasteiger partial charge in [0.2, 0.25) is 0 Å². The predicted molar refractivity (Wildman–Crippen MR) is 57.3 cm³/mol. The summed E-state index contributed by atoms with van der Waals surface area (Å²) >= 11 is 0. The Morgan fingerprint density at radius 2 is 1.93 bits per heavy atom. The third-order valence-electron chi connectivity index (χ3n) is 2.63. The number of ketones is 1. The van der Waals surface area contributed by atoms with Crippen molar-refractivity contribution in [3.8, 4) is 0 Å². The molecule has 0 bridgehead atoms. The number of carbonyl (C=O) groups is 1. The molecule has 1 fully saturated rings. The van der Waals surface area contributed by atoms with Crippen molar-refractivity contribution < 1.29 is 9.18 Å². The lowest BCUT2D eigenvalue weighted by Crippen LogP contribution is -2.34. The van der Waals surface area contributed by atoms with Gasteiger partial charge in [0.15, 0.2) is 0 Å². The largest absolute Gasteiger partial charge is 0.399 e. The average molecular weight is 208 g/mol. The van der Waals surface area contributed by atoms with Crippen molar-refractivity contribution in [2.24, 2.45) is 0 Å². The van der Waals surface area contributed by atoms with E-state index >= 15 is 0 Å². The Bertz CT molecular complexity index is 382. The van der Waals surface area contributed by atoms with Gasteiger partial charge >= 0.3 is 0 Å². The molecule has 0 saturated carbocycles. The van der Waals surface area contributed by atoms with E-state index in [0.717, 1.165) is 0 Å². The lowest BCUT2D eigenvalue weighted by atomic mass is 10.1. The molecule has 0 spiro atoms. The van der Waals surface area contributed by atoms with Gasteiger partial charge in [0.1, 0.15) is 11.6 Å². The maximum atomic E-state index is 13.5. The highest BCUT2D eigenvalue weighted by Crippen LogP contribution is 2.23. The first-order valence-electron chi connectivity index (χ1n) is 4.98. The molecule has 1 saturated heterocycles. The Morgan fingerprint density at radius 1 is 1.27 bits per heavy atom. The van der Waals surface area contributed by atoms with Gasteiger partial charge in [-0.15, -0.1) is 0 Å². The lowest BCUT2D eigenvalue weighted by Gasteiger charge is -2.28. The number of rotatable bonds is 1. The third-order valence-corrected chi connectivity index (χ3v) is 2.63. The second kappa shape index (κ2) is 3.88. The summed E-state index contributed by atoms with van der Waals surface area (Å²) in [6.45, 7) is 1.19. The quantitative estimate of drug-likeness (QED) is 0.713. The summed E-state index contributed by atoms with van der Waals surface area (Å²) in [7, 11) is 0. The molecular formula is C11H13FN2O. The van der Waals surface area contributed by atoms with Gasteiger partial charge in [-0.1, -0.05) is 0 Å². The summed E-state index contributed by atoms with van der Waals surface area (Å²) in [6.07, 6.45) is 1.01. The van der Waals surface area contributed by atoms with E-state index in [9.17, 15) is 9.18 Å². The van der Waals surface area contributed by atoms with Crippen molar-refractivity contribution in [2.45, 2.75) is 12.8 Å². The zero-order valence-corrected chi connectivity index (χ0v) is 8.37. The van der Waals surface area contributed by atoms with Crippen LogP contribution < -0.4 is 10.6 Å². The molecular weight excluding hydrogens is 195 g/mol. The zero-order valence-electron chi connectivity index (χ0n) is 8.37. The number of benzene rings is 1. The number of piperidine rings is 1. The van der Waals surface area contributed by atoms with Crippen LogP contribution in [0.3, 0.4) is 0 Å². The first-order valence-corrected chi connectivity index (χ1v) is 4.98. The van der Waals surface area contributed by atoms with Crippen molar-refractivity contribution >= 4 is 17.2 Å². The van der Waals surface area contributed by atoms with E-state index in [4.69, 9.17) is 5.73 Å². The van der Waals surface area contributed by atoms with E-state index in [-0.39, 0.29) is 11.6 Å². The normalized spacial score (nSPS) is 16.9. The highest BCUT2D eigenvalue weighted by Gasteiger charge is 2.18. The molecule has 2 N–H and O–H groups in total. The van der Waals surface area contributed by atoms with Gasteiger partial charge in [-0.25, -0.2) is 4.39 Å². The van der Waals surface area contributed by atoms with E-state index in [0.29, 0.717) is 37.3 Å². The molecule has 4 heteroatoms. The molecule has 2 rings (SSSR count). The minimum atomic E-state index is -0.315. The van der Waals surface area contributed by atoms with Crippen LogP contribution >= 0.6 is 0 Å². The van der Waals surface area contributed by atoms with Crippen molar-refractivity contribution in [3.05, 3.63) is 24.0 Å². The van der Waals surface area contributed by atoms with Gasteiger partial charge in [-0.05, 0) is 18.2 Å². The number of nitrogens with zero attached hydrogens (tertiary/aromatic N) is 1. The van der Waals surface area contributed by atoms with E-state index < -0.39 is 0 Å². The molecule has 0 amide bonds. The fourth-order valence-electron chi connectivity index (χ4n) is 1.78. The molecule has 80 valence electrons. The van der Waals surface area contributed by atoms with Crippen molar-refractivity contribution in [2.75, 3.05) is 23.7 Å². The van der Waals surface area contributed by atoms with Crippen LogP contribution in [0.4, 0.5) is 15.8 Å². The molecule has 15 heavy (non-hydrogen) atoms. The minimum absolute atomic E-state index is 0.252. The Labute approximate surface area is 87.7 Å². The zero-order chi connectivity index (χ0) is 10.8. The van der Waals surface area contributed by atoms with Crippen LogP contribution in [0.15, 0.2) is 18.2 Å². The first-order chi connectivity index (χ1) is 7.16. The van der Waals surface area contributed by atoms with E-state index in [2.05, 4.69) is 0 Å². The number of anilines is 2. The van der Waals surface area contributed by atoms with Crippen LogP contribution in [0.1, 0.15) is 12.8 Å². The molecule has 3 nitrogen and oxygen atoms in total. The van der Waals surface area contributed by atoms with Crippen LogP contribution in [0, 0.1) is 5.82 Å². The third kappa shape index (κ3) is 2.09. The Morgan fingerprint density at radius 3 is 2.53 bits per heavy atom. The molecule has 0 atom stereocenters. The number of carbonyl (C=O) groups excluding carboxylic acids is 1. The van der Waals surface area contributed by atoms with Gasteiger partial charge < -0.3 is 10.6 Å². The van der Waals surface area contributed by atoms with E-state index in [1.54, 1.807) is 12.1 Å². The number of hydrogen-bond donors (Lipinski definition) is 1. The minimum Gasteiger partial charge on any atom is -0.399 e. The van der Waals surface area contributed by atoms with E-state index in [1.807, 2.05) is 4.90 Å². The summed E-state index contributed by atoms with van der Waals surface area (Å²) in [6, 6.07) is 4.65. The highest BCUT2D eigenvalue weighted by molar-refractivity contribution is 5.81. The summed E-state index contributed by atoms with van der Waals surface area (Å²) in [5.41, 5.74) is 6.43. The van der Waals surface area contributed by atoms with Crippen LogP contribution in [-0.2, 0) is 4.79 Å². The lowest BCUT2D eigenvalue weighted by molar-refractivity contribution is -0.119. The summed E-state index contributed by atoms with van der Waals surface area (Å²) in [4.78, 5) is 12.9. The second-order valence-corrected chi connectivity index (χ2v) is 3.74. The van der Waals surface area contributed by atoms with Gasteiger partial charge in [-0.3, -0.25) is 4.79 Å². The number of nitrogens with two attached hydrogens (primary N) is 1. The van der Waals surface area contributed by atoms with Crippen LogP contribution in [0.5, 0.6) is 0 Å². The Kier molecular flexibility index (Phi) is 2.58. The first kappa shape index (κ1) is 9.96. The Balaban J connectivity index is 2.19. The molecule has 1 aliphatic rings. The van der Waals surface area contributed by atoms with Crippen molar-refractivity contribution in [3.63, 3.8) is 0 Å². The van der Waals surface area contributed by atoms with Crippen LogP contribution in [-0.4, -0.2) is 18.9 Å². The molecule has 1 aromatic carbocycles. The molecule has 1 heterocycles. The maximum absolute atomic E-state index is 13.5. The fraction of sp³-hybridized carbons (Fsp3) is 0.364. The SMILES string of the molecule is Nc1ccc(N2CCC(=O)CC2)c(F)c1. The van der Waals surface area contributed by atoms with Gasteiger partial charge in [0, 0.05) is 31.6 Å². The smallest absolute Gasteiger partial charge is 0.148 e. The number of hydrogen-bond acceptors (Lipinski definition) is 3. The van der Waals surface area contributed by atoms with Gasteiger partial charge in [0.05, 0.1) is 5.69 Å². The number of Topliss-reactive ketones (excluding diaryl/α,β-unsaturated/α-hetero) is 1. The van der Waals surface area contributed by atoms with Gasteiger partial charge in [-0.2, -0.15) is 0 Å². The number of nitrogen functional groups attached to an aromatic ring is 1. The van der Waals surface area contributed by atoms with Crippen molar-refractivity contribution in [1.29, 1.82) is 0 Å². The summed E-state index contributed by atoms with van der Waals surface area (Å²) in [5, 5.41) is 0. The Hall–Kier alpha value is -1.58. The molecule has 0 radical (unpaired) electrons. The monoisotopic (exact) mass is 208 g/mol. The summed E-state index contributed by atoms with van der Waals surface area (Å²) < 4.78 is 13.5. The van der Waals surface area contributed by atoms with E-state index in [1.165, 1.54) is 6.07 Å². The summed E-state index contributed by atoms with van der Waals surface area (Å²) in [5.74, 6) is -0.0635. The van der Waals surface area contributed by atoms with Gasteiger partial charge in [0.25, 0.3) is 0 Å². The molecule has 0 aromatic heterocycles. The molecule has 1 aromatic rings. The topological polar surface area (TPSA) is 46.3 Å². The molecule has 0 unspecified atom stereocenters. The number of halogens is 1. The average Bonchev–Trinajstić information content (AvgIpc) is 2.20. The standard InChI is InChI=1S/C11H13FN2O/c12-10-7-8(13)1-2-11(10)14-5-3-9(15)4-6-14/h1-2,7H,3-6,13H2. The van der Waals surface area contributed by atoms with Crippen molar-refractivity contribution in [1.82, 2.24) is 0 Å². The molecule has 1 aliphatic heterocycles.